The highest BCUT2D eigenvalue weighted by molar-refractivity contribution is 5.22. The van der Waals surface area contributed by atoms with Gasteiger partial charge < -0.3 is 10.2 Å². The Balaban J connectivity index is 2.66. The van der Waals surface area contributed by atoms with E-state index in [4.69, 9.17) is 0 Å². The zero-order valence-electron chi connectivity index (χ0n) is 9.70. The molecule has 0 spiro atoms. The second kappa shape index (κ2) is 4.77. The molecule has 0 radical (unpaired) electrons. The van der Waals surface area contributed by atoms with Crippen molar-refractivity contribution in [2.75, 3.05) is 0 Å². The molecule has 2 heteroatoms. The third-order valence-electron chi connectivity index (χ3n) is 2.98. The Kier molecular flexibility index (Phi) is 3.89. The Morgan fingerprint density at radius 1 is 1.27 bits per heavy atom. The van der Waals surface area contributed by atoms with Crippen molar-refractivity contribution < 1.29 is 10.2 Å². The van der Waals surface area contributed by atoms with Crippen LogP contribution in [-0.4, -0.2) is 21.9 Å². The lowest BCUT2D eigenvalue weighted by Gasteiger charge is -2.27. The predicted molar refractivity (Wildman–Crippen MR) is 61.8 cm³/mol. The molecule has 0 amide bonds. The third-order valence-corrected chi connectivity index (χ3v) is 2.98. The highest BCUT2D eigenvalue weighted by atomic mass is 16.3. The lowest BCUT2D eigenvalue weighted by atomic mass is 9.91. The lowest BCUT2D eigenvalue weighted by Crippen LogP contribution is -2.39. The zero-order chi connectivity index (χ0) is 11.5. The molecule has 1 aromatic rings. The molecule has 2 N–H and O–H groups in total. The van der Waals surface area contributed by atoms with E-state index in [1.165, 1.54) is 5.56 Å². The highest BCUT2D eigenvalue weighted by Gasteiger charge is 2.27. The van der Waals surface area contributed by atoms with Gasteiger partial charge >= 0.3 is 0 Å². The fourth-order valence-corrected chi connectivity index (χ4v) is 1.40. The zero-order valence-corrected chi connectivity index (χ0v) is 9.70. The van der Waals surface area contributed by atoms with Gasteiger partial charge in [0, 0.05) is 6.42 Å². The fourth-order valence-electron chi connectivity index (χ4n) is 1.40. The Morgan fingerprint density at radius 2 is 1.80 bits per heavy atom. The van der Waals surface area contributed by atoms with E-state index in [-0.39, 0.29) is 0 Å². The van der Waals surface area contributed by atoms with E-state index >= 15 is 0 Å². The van der Waals surface area contributed by atoms with E-state index in [1.54, 1.807) is 6.92 Å². The quantitative estimate of drug-likeness (QED) is 0.795. The fraction of sp³-hybridized carbons (Fsp3) is 0.538. The van der Waals surface area contributed by atoms with Gasteiger partial charge in [-0.3, -0.25) is 0 Å². The topological polar surface area (TPSA) is 40.5 Å². The summed E-state index contributed by atoms with van der Waals surface area (Å²) in [4.78, 5) is 0. The van der Waals surface area contributed by atoms with Crippen LogP contribution in [0.4, 0.5) is 0 Å². The first-order valence-corrected chi connectivity index (χ1v) is 5.41. The van der Waals surface area contributed by atoms with E-state index in [1.807, 2.05) is 38.1 Å². The molecule has 2 nitrogen and oxygen atoms in total. The average Bonchev–Trinajstić information content (AvgIpc) is 2.21. The summed E-state index contributed by atoms with van der Waals surface area (Å²) in [6, 6.07) is 8.01. The smallest absolute Gasteiger partial charge is 0.0878 e. The summed E-state index contributed by atoms with van der Waals surface area (Å²) < 4.78 is 0. The highest BCUT2D eigenvalue weighted by Crippen LogP contribution is 2.18. The van der Waals surface area contributed by atoms with Crippen LogP contribution in [0.15, 0.2) is 24.3 Å². The van der Waals surface area contributed by atoms with Gasteiger partial charge in [0.1, 0.15) is 0 Å². The van der Waals surface area contributed by atoms with Gasteiger partial charge in [-0.25, -0.2) is 0 Å². The normalized spacial score (nSPS) is 17.1. The minimum Gasteiger partial charge on any atom is -0.390 e. The number of aryl methyl sites for hydroxylation is 1. The molecule has 15 heavy (non-hydrogen) atoms. The maximum atomic E-state index is 9.86. The predicted octanol–water partition coefficient (Wildman–Crippen LogP) is 2.06. The van der Waals surface area contributed by atoms with Crippen molar-refractivity contribution in [3.8, 4) is 0 Å². The van der Waals surface area contributed by atoms with Crippen LogP contribution in [0.1, 0.15) is 31.4 Å². The minimum atomic E-state index is -0.995. The summed E-state index contributed by atoms with van der Waals surface area (Å²) in [6.45, 7) is 5.58. The molecule has 0 bridgehead atoms. The molecule has 0 aromatic heterocycles. The van der Waals surface area contributed by atoms with Crippen LogP contribution >= 0.6 is 0 Å². The molecule has 84 valence electrons. The first kappa shape index (κ1) is 12.2. The monoisotopic (exact) mass is 208 g/mol. The van der Waals surface area contributed by atoms with Gasteiger partial charge in [0.15, 0.2) is 0 Å². The second-order valence-corrected chi connectivity index (χ2v) is 4.42. The molecule has 0 aliphatic rings. The van der Waals surface area contributed by atoms with Gasteiger partial charge in [-0.15, -0.1) is 0 Å². The van der Waals surface area contributed by atoms with Crippen molar-refractivity contribution in [2.45, 2.75) is 45.3 Å². The number of aliphatic hydroxyl groups excluding tert-OH is 1. The summed E-state index contributed by atoms with van der Waals surface area (Å²) in [5, 5.41) is 19.7. The van der Waals surface area contributed by atoms with Gasteiger partial charge in [-0.1, -0.05) is 36.8 Å². The van der Waals surface area contributed by atoms with Crippen LogP contribution in [0.3, 0.4) is 0 Å². The van der Waals surface area contributed by atoms with Crippen molar-refractivity contribution >= 4 is 0 Å². The first-order valence-electron chi connectivity index (χ1n) is 5.41. The standard InChI is InChI=1S/C13H20O2/c1-4-13(3,15)12(14)9-11-7-5-10(2)6-8-11/h5-8,12,14-15H,4,9H2,1-3H3. The van der Waals surface area contributed by atoms with Gasteiger partial charge in [0.05, 0.1) is 11.7 Å². The Labute approximate surface area is 91.6 Å². The number of hydrogen-bond acceptors (Lipinski definition) is 2. The van der Waals surface area contributed by atoms with E-state index in [9.17, 15) is 10.2 Å². The van der Waals surface area contributed by atoms with Gasteiger partial charge in [0.25, 0.3) is 0 Å². The summed E-state index contributed by atoms with van der Waals surface area (Å²) in [5.74, 6) is 0. The van der Waals surface area contributed by atoms with E-state index in [0.29, 0.717) is 12.8 Å². The second-order valence-electron chi connectivity index (χ2n) is 4.42. The lowest BCUT2D eigenvalue weighted by molar-refractivity contribution is -0.0629. The number of hydrogen-bond donors (Lipinski definition) is 2. The van der Waals surface area contributed by atoms with Crippen molar-refractivity contribution in [3.63, 3.8) is 0 Å². The molecule has 0 aliphatic carbocycles. The molecule has 0 fully saturated rings. The first-order chi connectivity index (χ1) is 6.95. The van der Waals surface area contributed by atoms with Crippen LogP contribution in [0.2, 0.25) is 0 Å². The van der Waals surface area contributed by atoms with Crippen molar-refractivity contribution in [3.05, 3.63) is 35.4 Å². The molecule has 0 saturated heterocycles. The summed E-state index contributed by atoms with van der Waals surface area (Å²) in [5.41, 5.74) is 1.27. The molecule has 0 saturated carbocycles. The maximum absolute atomic E-state index is 9.86. The molecule has 2 atom stereocenters. The van der Waals surface area contributed by atoms with E-state index in [0.717, 1.165) is 5.56 Å². The van der Waals surface area contributed by atoms with Gasteiger partial charge in [-0.05, 0) is 25.8 Å². The largest absolute Gasteiger partial charge is 0.390 e. The van der Waals surface area contributed by atoms with Crippen molar-refractivity contribution in [1.82, 2.24) is 0 Å². The average molecular weight is 208 g/mol. The van der Waals surface area contributed by atoms with Crippen LogP contribution in [0.5, 0.6) is 0 Å². The van der Waals surface area contributed by atoms with E-state index in [2.05, 4.69) is 0 Å². The molecule has 0 heterocycles. The molecular formula is C13H20O2. The Morgan fingerprint density at radius 3 is 2.27 bits per heavy atom. The summed E-state index contributed by atoms with van der Waals surface area (Å²) in [7, 11) is 0. The van der Waals surface area contributed by atoms with Gasteiger partial charge in [-0.2, -0.15) is 0 Å². The van der Waals surface area contributed by atoms with Crippen molar-refractivity contribution in [2.24, 2.45) is 0 Å². The van der Waals surface area contributed by atoms with Crippen molar-refractivity contribution in [1.29, 1.82) is 0 Å². The van der Waals surface area contributed by atoms with E-state index < -0.39 is 11.7 Å². The molecule has 1 rings (SSSR count). The number of benzene rings is 1. The number of aliphatic hydroxyl groups is 2. The SMILES string of the molecule is CCC(C)(O)C(O)Cc1ccc(C)cc1. The third kappa shape index (κ3) is 3.33. The Bertz CT molecular complexity index is 301. The van der Waals surface area contributed by atoms with Crippen LogP contribution in [0, 0.1) is 6.92 Å². The molecule has 2 unspecified atom stereocenters. The number of rotatable bonds is 4. The molecule has 0 aliphatic heterocycles. The maximum Gasteiger partial charge on any atom is 0.0878 e. The molecule has 1 aromatic carbocycles. The van der Waals surface area contributed by atoms with Crippen LogP contribution < -0.4 is 0 Å². The summed E-state index contributed by atoms with van der Waals surface area (Å²) in [6.07, 6.45) is 0.353. The van der Waals surface area contributed by atoms with Gasteiger partial charge in [0.2, 0.25) is 0 Å². The Hall–Kier alpha value is -0.860. The molecular weight excluding hydrogens is 188 g/mol. The summed E-state index contributed by atoms with van der Waals surface area (Å²) >= 11 is 0. The van der Waals surface area contributed by atoms with Crippen LogP contribution in [-0.2, 0) is 6.42 Å². The minimum absolute atomic E-state index is 0.501. The van der Waals surface area contributed by atoms with Crippen LogP contribution in [0.25, 0.3) is 0 Å².